The highest BCUT2D eigenvalue weighted by atomic mass is 35.5. The minimum atomic E-state index is 0. The highest BCUT2D eigenvalue weighted by molar-refractivity contribution is 5.46. The van der Waals surface area contributed by atoms with Crippen molar-refractivity contribution in [3.63, 3.8) is 0 Å². The van der Waals surface area contributed by atoms with Crippen LogP contribution in [0, 0.1) is 0 Å². The molecule has 3 N–H and O–H groups in total. The van der Waals surface area contributed by atoms with E-state index in [1.54, 1.807) is 9.80 Å². The van der Waals surface area contributed by atoms with Crippen molar-refractivity contribution < 1.29 is 49.2 Å². The van der Waals surface area contributed by atoms with Gasteiger partial charge in [0.05, 0.1) is 0 Å². The van der Waals surface area contributed by atoms with Gasteiger partial charge in [0.2, 0.25) is 6.79 Å². The third-order valence-corrected chi connectivity index (χ3v) is 6.48. The number of hydrogen-bond donors (Lipinski definition) is 3. The summed E-state index contributed by atoms with van der Waals surface area (Å²) in [5, 5.41) is 10.7. The Bertz CT molecular complexity index is 868. The third kappa shape index (κ3) is 6.02. The number of aromatic hydroxyl groups is 1. The van der Waals surface area contributed by atoms with E-state index in [1.165, 1.54) is 37.3 Å². The predicted octanol–water partition coefficient (Wildman–Crippen LogP) is -4.14. The number of fused-ring (bicyclic) bond motifs is 1. The molecule has 2 aliphatic rings. The Morgan fingerprint density at radius 2 is 1.25 bits per heavy atom. The lowest BCUT2D eigenvalue weighted by Crippen LogP contribution is -3.27. The molecule has 1 fully saturated rings. The molecule has 1 saturated heterocycles. The molecule has 0 bridgehead atoms. The number of benzene rings is 2. The van der Waals surface area contributed by atoms with E-state index in [9.17, 15) is 5.11 Å². The molecule has 7 heteroatoms. The molecular weight excluding hydrogens is 447 g/mol. The summed E-state index contributed by atoms with van der Waals surface area (Å²) in [4.78, 5) is 3.27. The van der Waals surface area contributed by atoms with Gasteiger partial charge in [0.15, 0.2) is 11.5 Å². The molecule has 178 valence electrons. The summed E-state index contributed by atoms with van der Waals surface area (Å²) < 4.78 is 10.9. The first-order valence-electron chi connectivity index (χ1n) is 11.3. The lowest BCUT2D eigenvalue weighted by molar-refractivity contribution is -1.02. The number of halogens is 2. The molecule has 2 aromatic carbocycles. The van der Waals surface area contributed by atoms with Crippen molar-refractivity contribution in [2.45, 2.75) is 52.6 Å². The maximum Gasteiger partial charge on any atom is 0.231 e. The van der Waals surface area contributed by atoms with Gasteiger partial charge in [-0.3, -0.25) is 0 Å². The van der Waals surface area contributed by atoms with E-state index in [-0.39, 0.29) is 24.8 Å². The van der Waals surface area contributed by atoms with E-state index in [0.29, 0.717) is 24.4 Å². The molecule has 32 heavy (non-hydrogen) atoms. The fraction of sp³-hybridized carbons (Fsp3) is 0.520. The van der Waals surface area contributed by atoms with E-state index < -0.39 is 0 Å². The van der Waals surface area contributed by atoms with E-state index in [0.717, 1.165) is 35.7 Å². The van der Waals surface area contributed by atoms with Crippen LogP contribution in [0.3, 0.4) is 0 Å². The molecule has 0 aromatic heterocycles. The Labute approximate surface area is 204 Å². The first-order valence-corrected chi connectivity index (χ1v) is 11.3. The van der Waals surface area contributed by atoms with Crippen molar-refractivity contribution in [1.82, 2.24) is 0 Å². The van der Waals surface area contributed by atoms with Gasteiger partial charge in [-0.15, -0.1) is 0 Å². The van der Waals surface area contributed by atoms with Crippen LogP contribution in [0.15, 0.2) is 30.3 Å². The minimum Gasteiger partial charge on any atom is -1.00 e. The molecule has 2 aromatic rings. The van der Waals surface area contributed by atoms with Crippen LogP contribution in [0.25, 0.3) is 0 Å². The molecule has 0 atom stereocenters. The van der Waals surface area contributed by atoms with Crippen LogP contribution < -0.4 is 44.1 Å². The number of rotatable bonds is 6. The Hall–Kier alpha value is -1.66. The average molecular weight is 483 g/mol. The minimum absolute atomic E-state index is 0. The van der Waals surface area contributed by atoms with Crippen LogP contribution in [0.1, 0.15) is 61.8 Å². The molecule has 2 aliphatic heterocycles. The van der Waals surface area contributed by atoms with Gasteiger partial charge >= 0.3 is 0 Å². The van der Waals surface area contributed by atoms with Gasteiger partial charge in [0.25, 0.3) is 0 Å². The molecule has 2 heterocycles. The third-order valence-electron chi connectivity index (χ3n) is 6.48. The molecule has 0 radical (unpaired) electrons. The van der Waals surface area contributed by atoms with Crippen LogP contribution in [-0.4, -0.2) is 38.1 Å². The van der Waals surface area contributed by atoms with Gasteiger partial charge < -0.3 is 49.2 Å². The largest absolute Gasteiger partial charge is 1.00 e. The van der Waals surface area contributed by atoms with E-state index >= 15 is 0 Å². The summed E-state index contributed by atoms with van der Waals surface area (Å²) in [7, 11) is 0. The Kier molecular flexibility index (Phi) is 9.53. The normalized spacial score (nSPS) is 19.6. The fourth-order valence-corrected chi connectivity index (χ4v) is 4.67. The second-order valence-electron chi connectivity index (χ2n) is 9.47. The smallest absolute Gasteiger partial charge is 0.231 e. The number of quaternary nitrogens is 2. The zero-order valence-electron chi connectivity index (χ0n) is 19.5. The summed E-state index contributed by atoms with van der Waals surface area (Å²) in [5.74, 6) is 2.90. The van der Waals surface area contributed by atoms with Crippen LogP contribution in [-0.2, 0) is 13.1 Å². The standard InChI is InChI=1S/C25H34N2O3.2ClH/c1-17(2)21-11-20(12-22(18(3)4)25(21)28)15-27-9-7-26(8-10-27)14-19-5-6-23-24(13-19)30-16-29-23;;/h5-6,11-13,17-18,28H,7-10,14-16H2,1-4H3;2*1H. The van der Waals surface area contributed by atoms with Gasteiger partial charge in [0, 0.05) is 11.1 Å². The second kappa shape index (κ2) is 11.5. The Morgan fingerprint density at radius 3 is 1.78 bits per heavy atom. The van der Waals surface area contributed by atoms with Gasteiger partial charge in [-0.2, -0.15) is 0 Å². The topological polar surface area (TPSA) is 47.6 Å². The van der Waals surface area contributed by atoms with E-state index in [1.807, 2.05) is 6.07 Å². The molecule has 0 aliphatic carbocycles. The molecule has 0 saturated carbocycles. The first kappa shape index (κ1) is 26.6. The zero-order chi connectivity index (χ0) is 21.3. The Balaban J connectivity index is 0.00000181. The Morgan fingerprint density at radius 1 is 0.750 bits per heavy atom. The zero-order valence-corrected chi connectivity index (χ0v) is 21.0. The molecule has 0 amide bonds. The number of piperazine rings is 1. The van der Waals surface area contributed by atoms with Crippen molar-refractivity contribution in [1.29, 1.82) is 0 Å². The maximum atomic E-state index is 10.7. The molecular formula is C25H36Cl2N2O3. The van der Waals surface area contributed by atoms with Crippen molar-refractivity contribution in [2.24, 2.45) is 0 Å². The summed E-state index contributed by atoms with van der Waals surface area (Å²) in [6.45, 7) is 15.8. The van der Waals surface area contributed by atoms with E-state index in [4.69, 9.17) is 9.47 Å². The molecule has 4 rings (SSSR count). The van der Waals surface area contributed by atoms with Crippen LogP contribution in [0.4, 0.5) is 0 Å². The van der Waals surface area contributed by atoms with Crippen molar-refractivity contribution in [3.8, 4) is 17.2 Å². The number of phenols is 1. The number of hydrogen-bond acceptors (Lipinski definition) is 3. The lowest BCUT2D eigenvalue weighted by Gasteiger charge is -2.30. The van der Waals surface area contributed by atoms with Gasteiger partial charge in [-0.25, -0.2) is 0 Å². The molecule has 5 nitrogen and oxygen atoms in total. The number of nitrogens with one attached hydrogen (secondary N) is 2. The monoisotopic (exact) mass is 482 g/mol. The molecule has 0 unspecified atom stereocenters. The fourth-order valence-electron chi connectivity index (χ4n) is 4.67. The SMILES string of the molecule is CC(C)c1cc(C[NH+]2CC[NH+](Cc3ccc4c(c3)OCO4)CC2)cc(C(C)C)c1O.[Cl-].[Cl-]. The van der Waals surface area contributed by atoms with Gasteiger partial charge in [-0.05, 0) is 53.3 Å². The van der Waals surface area contributed by atoms with Gasteiger partial charge in [0.1, 0.15) is 45.0 Å². The summed E-state index contributed by atoms with van der Waals surface area (Å²) in [5.41, 5.74) is 4.85. The lowest BCUT2D eigenvalue weighted by atomic mass is 9.91. The predicted molar refractivity (Wildman–Crippen MR) is 118 cm³/mol. The highest BCUT2D eigenvalue weighted by Crippen LogP contribution is 2.34. The summed E-state index contributed by atoms with van der Waals surface area (Å²) >= 11 is 0. The second-order valence-corrected chi connectivity index (χ2v) is 9.47. The first-order chi connectivity index (χ1) is 14.4. The average Bonchev–Trinajstić information content (AvgIpc) is 3.18. The van der Waals surface area contributed by atoms with Crippen LogP contribution in [0.5, 0.6) is 17.2 Å². The quantitative estimate of drug-likeness (QED) is 0.391. The van der Waals surface area contributed by atoms with E-state index in [2.05, 4.69) is 52.0 Å². The maximum absolute atomic E-state index is 10.7. The number of ether oxygens (including phenoxy) is 2. The number of phenolic OH excluding ortho intramolecular Hbond substituents is 1. The summed E-state index contributed by atoms with van der Waals surface area (Å²) in [6, 6.07) is 10.8. The van der Waals surface area contributed by atoms with Crippen LogP contribution >= 0.6 is 0 Å². The highest BCUT2D eigenvalue weighted by Gasteiger charge is 2.25. The van der Waals surface area contributed by atoms with Crippen molar-refractivity contribution in [3.05, 3.63) is 52.6 Å². The van der Waals surface area contributed by atoms with Crippen LogP contribution in [0.2, 0.25) is 0 Å². The van der Waals surface area contributed by atoms with Gasteiger partial charge in [-0.1, -0.05) is 27.7 Å². The van der Waals surface area contributed by atoms with Crippen molar-refractivity contribution >= 4 is 0 Å². The van der Waals surface area contributed by atoms with Crippen molar-refractivity contribution in [2.75, 3.05) is 33.0 Å². The molecule has 0 spiro atoms. The summed E-state index contributed by atoms with van der Waals surface area (Å²) in [6.07, 6.45) is 0.